The van der Waals surface area contributed by atoms with Crippen molar-refractivity contribution in [2.45, 2.75) is 32.6 Å². The molecule has 0 aliphatic carbocycles. The quantitative estimate of drug-likeness (QED) is 0.447. The fourth-order valence-corrected chi connectivity index (χ4v) is 1.32. The van der Waals surface area contributed by atoms with Gasteiger partial charge in [0.05, 0.1) is 0 Å². The molecule has 0 heterocycles. The van der Waals surface area contributed by atoms with Crippen LogP contribution in [0.25, 0.3) is 0 Å². The third-order valence-corrected chi connectivity index (χ3v) is 3.79. The third kappa shape index (κ3) is 4.72. The molecule has 102 valence electrons. The Morgan fingerprint density at radius 1 is 1.12 bits per heavy atom. The molecular formula is C8H8Cl6F2O. The summed E-state index contributed by atoms with van der Waals surface area (Å²) in [5.74, 6) is 0. The van der Waals surface area contributed by atoms with Gasteiger partial charge in [0.1, 0.15) is 0 Å². The highest BCUT2D eigenvalue weighted by molar-refractivity contribution is 6.70. The maximum atomic E-state index is 13.5. The van der Waals surface area contributed by atoms with E-state index in [9.17, 15) is 8.78 Å². The normalized spacial score (nSPS) is 17.7. The first-order valence-electron chi connectivity index (χ1n) is 4.09. The molecule has 0 spiro atoms. The van der Waals surface area contributed by atoms with Crippen molar-refractivity contribution in [1.82, 2.24) is 0 Å². The van der Waals surface area contributed by atoms with Gasteiger partial charge in [0, 0.05) is 6.42 Å². The summed E-state index contributed by atoms with van der Waals surface area (Å²) < 4.78 is 26.4. The predicted molar refractivity (Wildman–Crippen MR) is 69.8 cm³/mol. The van der Waals surface area contributed by atoms with E-state index >= 15 is 0 Å². The van der Waals surface area contributed by atoms with Crippen molar-refractivity contribution in [2.24, 2.45) is 0 Å². The van der Waals surface area contributed by atoms with Gasteiger partial charge in [0.25, 0.3) is 0 Å². The molecule has 0 radical (unpaired) electrons. The summed E-state index contributed by atoms with van der Waals surface area (Å²) >= 11 is 32.7. The average Bonchev–Trinajstić information content (AvgIpc) is 1.98. The number of ether oxygens (including phenoxy) is 1. The largest absolute Gasteiger partial charge is 0.390 e. The van der Waals surface area contributed by atoms with Crippen LogP contribution in [-0.4, -0.2) is 19.3 Å². The third-order valence-electron chi connectivity index (χ3n) is 1.63. The van der Waals surface area contributed by atoms with E-state index in [-0.39, 0.29) is 6.42 Å². The minimum Gasteiger partial charge on any atom is -0.291 e. The van der Waals surface area contributed by atoms with Gasteiger partial charge in [-0.25, -0.2) is 0 Å². The standard InChI is InChI=1S/C8H8Cl6F2O/c1-3-4-6(11,7(12,13)14)17-8(15,16)5(2,9)10/h3H,1,4H2,2H3. The second kappa shape index (κ2) is 5.74. The summed E-state index contributed by atoms with van der Waals surface area (Å²) in [5, 5.41) is -2.34. The lowest BCUT2D eigenvalue weighted by atomic mass is 10.2. The number of hydrogen-bond donors (Lipinski definition) is 0. The molecule has 1 unspecified atom stereocenters. The van der Waals surface area contributed by atoms with Crippen molar-refractivity contribution in [3.05, 3.63) is 12.7 Å². The Morgan fingerprint density at radius 3 is 1.76 bits per heavy atom. The number of rotatable bonds is 5. The maximum Gasteiger partial charge on any atom is 0.390 e. The summed E-state index contributed by atoms with van der Waals surface area (Å²) in [5.41, 5.74) is 0. The van der Waals surface area contributed by atoms with Crippen molar-refractivity contribution < 1.29 is 13.5 Å². The molecule has 0 aromatic heterocycles. The maximum absolute atomic E-state index is 13.5. The molecule has 0 aliphatic rings. The SMILES string of the molecule is C=CCC(Cl)(OC(F)(F)C(C)(Cl)Cl)C(Cl)(Cl)Cl. The molecule has 0 bridgehead atoms. The smallest absolute Gasteiger partial charge is 0.291 e. The van der Waals surface area contributed by atoms with Crippen molar-refractivity contribution >= 4 is 69.6 Å². The first-order chi connectivity index (χ1) is 7.27. The minimum absolute atomic E-state index is 0.357. The molecule has 1 nitrogen and oxygen atoms in total. The van der Waals surface area contributed by atoms with Crippen LogP contribution in [0.2, 0.25) is 0 Å². The Morgan fingerprint density at radius 2 is 1.53 bits per heavy atom. The van der Waals surface area contributed by atoms with Crippen molar-refractivity contribution in [3.63, 3.8) is 0 Å². The van der Waals surface area contributed by atoms with Crippen LogP contribution in [0.15, 0.2) is 12.7 Å². The highest BCUT2D eigenvalue weighted by Gasteiger charge is 2.59. The summed E-state index contributed by atoms with van der Waals surface area (Å²) in [4.78, 5) is 0. The fraction of sp³-hybridized carbons (Fsp3) is 0.750. The number of halogens is 8. The van der Waals surface area contributed by atoms with Gasteiger partial charge < -0.3 is 0 Å². The topological polar surface area (TPSA) is 9.23 Å². The Labute approximate surface area is 128 Å². The summed E-state index contributed by atoms with van der Waals surface area (Å²) in [7, 11) is 0. The Bertz CT molecular complexity index is 285. The van der Waals surface area contributed by atoms with E-state index < -0.39 is 19.3 Å². The van der Waals surface area contributed by atoms with E-state index in [1.54, 1.807) is 0 Å². The van der Waals surface area contributed by atoms with Gasteiger partial charge in [0.15, 0.2) is 5.06 Å². The highest BCUT2D eigenvalue weighted by Crippen LogP contribution is 2.51. The zero-order valence-electron chi connectivity index (χ0n) is 8.42. The molecule has 0 N–H and O–H groups in total. The van der Waals surface area contributed by atoms with Crippen molar-refractivity contribution in [3.8, 4) is 0 Å². The first-order valence-corrected chi connectivity index (χ1v) is 6.36. The van der Waals surface area contributed by atoms with Crippen LogP contribution in [-0.2, 0) is 4.74 Å². The van der Waals surface area contributed by atoms with Crippen molar-refractivity contribution in [2.75, 3.05) is 0 Å². The molecule has 17 heavy (non-hydrogen) atoms. The lowest BCUT2D eigenvalue weighted by Gasteiger charge is -2.38. The van der Waals surface area contributed by atoms with Crippen LogP contribution >= 0.6 is 69.6 Å². The molecule has 0 saturated heterocycles. The molecule has 1 atom stereocenters. The van der Waals surface area contributed by atoms with Gasteiger partial charge in [-0.05, 0) is 6.92 Å². The van der Waals surface area contributed by atoms with E-state index in [1.807, 2.05) is 0 Å². The predicted octanol–water partition coefficient (Wildman–Crippen LogP) is 5.67. The zero-order valence-corrected chi connectivity index (χ0v) is 13.0. The van der Waals surface area contributed by atoms with E-state index in [4.69, 9.17) is 69.6 Å². The van der Waals surface area contributed by atoms with Gasteiger partial charge >= 0.3 is 6.11 Å². The van der Waals surface area contributed by atoms with Gasteiger partial charge in [0.2, 0.25) is 8.13 Å². The van der Waals surface area contributed by atoms with Crippen LogP contribution in [0.5, 0.6) is 0 Å². The molecule has 0 aliphatic heterocycles. The fourth-order valence-electron chi connectivity index (χ4n) is 0.694. The van der Waals surface area contributed by atoms with Gasteiger partial charge in [-0.2, -0.15) is 8.78 Å². The minimum atomic E-state index is -4.02. The second-order valence-corrected chi connectivity index (χ2v) is 7.82. The monoisotopic (exact) mass is 368 g/mol. The summed E-state index contributed by atoms with van der Waals surface area (Å²) in [6, 6.07) is 0. The number of hydrogen-bond acceptors (Lipinski definition) is 1. The van der Waals surface area contributed by atoms with E-state index in [1.165, 1.54) is 0 Å². The van der Waals surface area contributed by atoms with Crippen molar-refractivity contribution in [1.29, 1.82) is 0 Å². The Kier molecular flexibility index (Phi) is 6.18. The molecule has 0 saturated carbocycles. The molecule has 0 rings (SSSR count). The second-order valence-electron chi connectivity index (χ2n) is 3.23. The molecule has 0 amide bonds. The van der Waals surface area contributed by atoms with Crippen LogP contribution in [0, 0.1) is 0 Å². The lowest BCUT2D eigenvalue weighted by Crippen LogP contribution is -2.50. The lowest BCUT2D eigenvalue weighted by molar-refractivity contribution is -0.278. The summed E-state index contributed by atoms with van der Waals surface area (Å²) in [6.45, 7) is 4.12. The Hall–Kier alpha value is 1.30. The van der Waals surface area contributed by atoms with Crippen LogP contribution < -0.4 is 0 Å². The van der Waals surface area contributed by atoms with Crippen LogP contribution in [0.1, 0.15) is 13.3 Å². The zero-order chi connectivity index (χ0) is 14.1. The molecule has 0 aromatic carbocycles. The molecule has 0 fully saturated rings. The van der Waals surface area contributed by atoms with E-state index in [0.29, 0.717) is 0 Å². The Balaban J connectivity index is 5.22. The molecule has 0 aromatic rings. The highest BCUT2D eigenvalue weighted by atomic mass is 35.6. The van der Waals surface area contributed by atoms with Crippen LogP contribution in [0.4, 0.5) is 8.78 Å². The average molecular weight is 371 g/mol. The van der Waals surface area contributed by atoms with Gasteiger partial charge in [-0.3, -0.25) is 4.74 Å². The first kappa shape index (κ1) is 18.3. The molecular weight excluding hydrogens is 363 g/mol. The summed E-state index contributed by atoms with van der Waals surface area (Å²) in [6.07, 6.45) is -3.22. The van der Waals surface area contributed by atoms with Crippen LogP contribution in [0.3, 0.4) is 0 Å². The van der Waals surface area contributed by atoms with Gasteiger partial charge in [-0.15, -0.1) is 6.58 Å². The molecule has 9 heteroatoms. The number of alkyl halides is 8. The van der Waals surface area contributed by atoms with E-state index in [0.717, 1.165) is 13.0 Å². The van der Waals surface area contributed by atoms with E-state index in [2.05, 4.69) is 11.3 Å². The van der Waals surface area contributed by atoms with Gasteiger partial charge in [-0.1, -0.05) is 75.7 Å².